The van der Waals surface area contributed by atoms with Gasteiger partial charge in [0.1, 0.15) is 11.4 Å². The zero-order valence-corrected chi connectivity index (χ0v) is 22.5. The summed E-state index contributed by atoms with van der Waals surface area (Å²) in [5.41, 5.74) is 0.421. The molecule has 5 heterocycles. The van der Waals surface area contributed by atoms with E-state index < -0.39 is 36.9 Å². The molecule has 0 atom stereocenters. The van der Waals surface area contributed by atoms with Crippen LogP contribution in [0.1, 0.15) is 49.8 Å². The van der Waals surface area contributed by atoms with Crippen molar-refractivity contribution in [2.24, 2.45) is 0 Å². The Morgan fingerprint density at radius 2 is 1.86 bits per heavy atom. The Morgan fingerprint density at radius 1 is 1.19 bits per heavy atom. The summed E-state index contributed by atoms with van der Waals surface area (Å²) in [5.74, 6) is -4.42. The number of carboxylic acids is 1. The minimum absolute atomic E-state index is 0.0805. The highest BCUT2D eigenvalue weighted by molar-refractivity contribution is 6.03. The normalized spacial score (nSPS) is 21.1. The molecule has 6 rings (SSSR count). The number of hydrogen-bond donors (Lipinski definition) is 2. The van der Waals surface area contributed by atoms with E-state index in [1.54, 1.807) is 20.0 Å². The number of aromatic nitrogens is 3. The van der Waals surface area contributed by atoms with Crippen LogP contribution in [0.3, 0.4) is 0 Å². The molecule has 2 N–H and O–H groups in total. The molecule has 1 aliphatic carbocycles. The summed E-state index contributed by atoms with van der Waals surface area (Å²) in [7, 11) is 0. The van der Waals surface area contributed by atoms with Gasteiger partial charge in [0.2, 0.25) is 11.7 Å². The standard InChI is InChI=1S/C24H25F3N4O4.C2HF3O2/c1-13(2)35-20-15(29-22(32)14-5-4-6-18(28-14)33-9-17(25)26)7-31-8-16(30-21(31)19(20)27)24-10-23(3,11-24)34-12-24;3-2(4,5)1(6)7/h4-8,13,17H,9-12H2,1-3H3,(H,29,32);(H,6,7). The number of nitrogens with one attached hydrogen (secondary N) is 1. The van der Waals surface area contributed by atoms with Crippen molar-refractivity contribution in [1.82, 2.24) is 14.4 Å². The number of alkyl halides is 5. The van der Waals surface area contributed by atoms with E-state index in [4.69, 9.17) is 24.1 Å². The van der Waals surface area contributed by atoms with Crippen LogP contribution in [0.5, 0.6) is 11.6 Å². The summed E-state index contributed by atoms with van der Waals surface area (Å²) < 4.78 is 90.2. The number of fused-ring (bicyclic) bond motifs is 2. The van der Waals surface area contributed by atoms with Crippen molar-refractivity contribution in [3.05, 3.63) is 47.8 Å². The van der Waals surface area contributed by atoms with Crippen LogP contribution in [0.25, 0.3) is 5.65 Å². The molecule has 0 aromatic carbocycles. The first-order valence-electron chi connectivity index (χ1n) is 12.5. The number of aliphatic carboxylic acids is 1. The first-order chi connectivity index (χ1) is 19.5. The van der Waals surface area contributed by atoms with Crippen LogP contribution in [0.15, 0.2) is 30.6 Å². The van der Waals surface area contributed by atoms with Crippen LogP contribution in [0, 0.1) is 5.82 Å². The van der Waals surface area contributed by atoms with Gasteiger partial charge in [-0.05, 0) is 39.7 Å². The van der Waals surface area contributed by atoms with Gasteiger partial charge in [0, 0.05) is 23.9 Å². The number of hydrogen-bond acceptors (Lipinski definition) is 7. The number of carbonyl (C=O) groups excluding carboxylic acids is 1. The predicted octanol–water partition coefficient (Wildman–Crippen LogP) is 5.01. The van der Waals surface area contributed by atoms with E-state index in [9.17, 15) is 26.7 Å². The number of pyridine rings is 2. The van der Waals surface area contributed by atoms with Gasteiger partial charge >= 0.3 is 12.1 Å². The first-order valence-corrected chi connectivity index (χ1v) is 12.5. The van der Waals surface area contributed by atoms with Gasteiger partial charge in [-0.3, -0.25) is 4.79 Å². The Labute approximate surface area is 234 Å². The molecule has 42 heavy (non-hydrogen) atoms. The maximum absolute atomic E-state index is 15.6. The average Bonchev–Trinajstić information content (AvgIpc) is 3.56. The van der Waals surface area contributed by atoms with E-state index in [2.05, 4.69) is 22.2 Å². The maximum Gasteiger partial charge on any atom is 0.490 e. The van der Waals surface area contributed by atoms with Gasteiger partial charge in [0.05, 0.1) is 24.0 Å². The minimum atomic E-state index is -5.08. The van der Waals surface area contributed by atoms with E-state index >= 15 is 4.39 Å². The van der Waals surface area contributed by atoms with E-state index in [1.807, 2.05) is 0 Å². The molecule has 1 saturated carbocycles. The zero-order valence-electron chi connectivity index (χ0n) is 22.5. The lowest BCUT2D eigenvalue weighted by molar-refractivity contribution is -0.192. The molecule has 2 bridgehead atoms. The van der Waals surface area contributed by atoms with Crippen molar-refractivity contribution in [3.8, 4) is 11.6 Å². The number of nitrogens with zero attached hydrogens (tertiary/aromatic N) is 3. The predicted molar refractivity (Wildman–Crippen MR) is 134 cm³/mol. The third kappa shape index (κ3) is 6.53. The van der Waals surface area contributed by atoms with Crippen LogP contribution >= 0.6 is 0 Å². The van der Waals surface area contributed by atoms with Crippen molar-refractivity contribution in [2.45, 2.75) is 63.3 Å². The van der Waals surface area contributed by atoms with Crippen LogP contribution in [0.4, 0.5) is 32.0 Å². The number of ether oxygens (including phenoxy) is 3. The Hall–Kier alpha value is -4.08. The number of halogens is 6. The molecule has 2 aliphatic heterocycles. The molecule has 2 saturated heterocycles. The third-order valence-electron chi connectivity index (χ3n) is 6.46. The first kappa shape index (κ1) is 30.9. The molecule has 3 aromatic rings. The summed E-state index contributed by atoms with van der Waals surface area (Å²) >= 11 is 0. The average molecular weight is 605 g/mol. The lowest BCUT2D eigenvalue weighted by Crippen LogP contribution is -2.45. The van der Waals surface area contributed by atoms with Crippen LogP contribution in [-0.2, 0) is 14.9 Å². The van der Waals surface area contributed by atoms with Crippen LogP contribution in [0.2, 0.25) is 0 Å². The SMILES string of the molecule is CC(C)Oc1c(NC(=O)c2cccc(OCC(F)F)n2)cn2cc(C34COC(C)(C3)C4)nc2c1F.O=C(O)C(F)(F)F. The molecule has 228 valence electrons. The summed E-state index contributed by atoms with van der Waals surface area (Å²) in [6, 6.07) is 4.21. The molecule has 0 unspecified atom stereocenters. The number of imidazole rings is 1. The highest BCUT2D eigenvalue weighted by atomic mass is 19.4. The molecule has 10 nitrogen and oxygen atoms in total. The minimum Gasteiger partial charge on any atom is -0.486 e. The number of amides is 1. The molecule has 0 spiro atoms. The highest BCUT2D eigenvalue weighted by Gasteiger charge is 2.61. The van der Waals surface area contributed by atoms with E-state index in [0.29, 0.717) is 6.61 Å². The summed E-state index contributed by atoms with van der Waals surface area (Å²) in [4.78, 5) is 30.3. The molecule has 3 fully saturated rings. The fourth-order valence-corrected chi connectivity index (χ4v) is 4.88. The number of carbonyl (C=O) groups is 2. The molecular weight excluding hydrogens is 578 g/mol. The number of anilines is 1. The number of rotatable bonds is 8. The van der Waals surface area contributed by atoms with Gasteiger partial charge in [-0.1, -0.05) is 6.07 Å². The Morgan fingerprint density at radius 3 is 2.40 bits per heavy atom. The van der Waals surface area contributed by atoms with Crippen molar-refractivity contribution >= 4 is 23.2 Å². The number of carboxylic acid groups (broad SMARTS) is 1. The van der Waals surface area contributed by atoms with Crippen molar-refractivity contribution in [1.29, 1.82) is 0 Å². The quantitative estimate of drug-likeness (QED) is 0.344. The van der Waals surface area contributed by atoms with E-state index in [1.165, 1.54) is 28.8 Å². The van der Waals surface area contributed by atoms with E-state index in [-0.39, 0.29) is 45.8 Å². The zero-order chi connectivity index (χ0) is 31.0. The molecule has 1 amide bonds. The lowest BCUT2D eigenvalue weighted by Gasteiger charge is -2.41. The molecule has 3 aromatic heterocycles. The highest BCUT2D eigenvalue weighted by Crippen LogP contribution is 2.58. The lowest BCUT2D eigenvalue weighted by atomic mass is 9.62. The second-order valence-electron chi connectivity index (χ2n) is 10.4. The summed E-state index contributed by atoms with van der Waals surface area (Å²) in [6.07, 6.45) is -3.22. The van der Waals surface area contributed by atoms with Gasteiger partial charge < -0.3 is 29.0 Å². The maximum atomic E-state index is 15.6. The Balaban J connectivity index is 0.000000517. The van der Waals surface area contributed by atoms with Gasteiger partial charge in [-0.15, -0.1) is 0 Å². The Bertz CT molecular complexity index is 1490. The van der Waals surface area contributed by atoms with Crippen LogP contribution < -0.4 is 14.8 Å². The second kappa shape index (κ2) is 11.3. The van der Waals surface area contributed by atoms with Gasteiger partial charge in [-0.2, -0.15) is 17.6 Å². The fraction of sp³-hybridized carbons (Fsp3) is 0.462. The summed E-state index contributed by atoms with van der Waals surface area (Å²) in [5, 5.41) is 9.74. The molecule has 0 radical (unpaired) electrons. The second-order valence-corrected chi connectivity index (χ2v) is 10.4. The monoisotopic (exact) mass is 604 g/mol. The fourth-order valence-electron chi connectivity index (χ4n) is 4.88. The topological polar surface area (TPSA) is 124 Å². The smallest absolute Gasteiger partial charge is 0.486 e. The van der Waals surface area contributed by atoms with Crippen molar-refractivity contribution < 1.29 is 55.2 Å². The Kier molecular flexibility index (Phi) is 8.31. The van der Waals surface area contributed by atoms with Gasteiger partial charge in [-0.25, -0.2) is 23.5 Å². The third-order valence-corrected chi connectivity index (χ3v) is 6.46. The summed E-state index contributed by atoms with van der Waals surface area (Å²) in [6.45, 7) is 5.21. The molecular formula is C26H26F6N4O6. The van der Waals surface area contributed by atoms with E-state index in [0.717, 1.165) is 18.5 Å². The van der Waals surface area contributed by atoms with Gasteiger partial charge in [0.25, 0.3) is 12.3 Å². The molecule has 16 heteroatoms. The molecule has 3 aliphatic rings. The van der Waals surface area contributed by atoms with Crippen molar-refractivity contribution in [2.75, 3.05) is 18.5 Å². The largest absolute Gasteiger partial charge is 0.490 e. The van der Waals surface area contributed by atoms with Crippen LogP contribution in [-0.4, -0.2) is 68.9 Å². The van der Waals surface area contributed by atoms with Gasteiger partial charge in [0.15, 0.2) is 18.0 Å². The van der Waals surface area contributed by atoms with Crippen molar-refractivity contribution in [3.63, 3.8) is 0 Å².